The minimum Gasteiger partial charge on any atom is -0.497 e. The summed E-state index contributed by atoms with van der Waals surface area (Å²) >= 11 is 0. The van der Waals surface area contributed by atoms with Crippen molar-refractivity contribution in [3.63, 3.8) is 0 Å². The number of carbonyl (C=O) groups is 3. The van der Waals surface area contributed by atoms with Gasteiger partial charge in [0.1, 0.15) is 34.4 Å². The summed E-state index contributed by atoms with van der Waals surface area (Å²) in [4.78, 5) is 54.2. The lowest BCUT2D eigenvalue weighted by molar-refractivity contribution is -0.120. The highest BCUT2D eigenvalue weighted by atomic mass is 32.2. The van der Waals surface area contributed by atoms with E-state index in [1.54, 1.807) is 72.9 Å². The van der Waals surface area contributed by atoms with Gasteiger partial charge in [0.2, 0.25) is 5.91 Å². The summed E-state index contributed by atoms with van der Waals surface area (Å²) in [5, 5.41) is 8.63. The van der Waals surface area contributed by atoms with E-state index in [1.165, 1.54) is 4.68 Å². The van der Waals surface area contributed by atoms with Gasteiger partial charge in [-0.2, -0.15) is 4.68 Å². The van der Waals surface area contributed by atoms with Gasteiger partial charge < -0.3 is 24.4 Å². The van der Waals surface area contributed by atoms with Crippen molar-refractivity contribution >= 4 is 62.0 Å². The molecule has 1 spiro atoms. The third kappa shape index (κ3) is 6.85. The maximum atomic E-state index is 14.4. The van der Waals surface area contributed by atoms with E-state index in [1.807, 2.05) is 23.1 Å². The second kappa shape index (κ2) is 12.6. The summed E-state index contributed by atoms with van der Waals surface area (Å²) in [6, 6.07) is 12.6. The van der Waals surface area contributed by atoms with Crippen LogP contribution in [-0.2, 0) is 29.5 Å². The predicted octanol–water partition coefficient (Wildman–Crippen LogP) is 6.18. The molecule has 0 unspecified atom stereocenters. The quantitative estimate of drug-likeness (QED) is 0.236. The number of imide groups is 1. The molecule has 4 heterocycles. The van der Waals surface area contributed by atoms with Gasteiger partial charge in [-0.1, -0.05) is 6.07 Å². The van der Waals surface area contributed by atoms with Gasteiger partial charge in [-0.05, 0) is 102 Å². The number of nitrogens with one attached hydrogen (secondary N) is 1. The van der Waals surface area contributed by atoms with Gasteiger partial charge >= 0.3 is 12.2 Å². The minimum absolute atomic E-state index is 0.0534. The van der Waals surface area contributed by atoms with Crippen LogP contribution in [-0.4, -0.2) is 89.2 Å². The molecule has 2 saturated carbocycles. The lowest BCUT2D eigenvalue weighted by Crippen LogP contribution is -2.41. The first kappa shape index (κ1) is 36.7. The van der Waals surface area contributed by atoms with E-state index in [0.29, 0.717) is 70.7 Å². The van der Waals surface area contributed by atoms with Crippen LogP contribution in [0.25, 0.3) is 10.9 Å². The molecule has 16 heteroatoms. The second-order valence-corrected chi connectivity index (χ2v) is 19.1. The SMILES string of the molecule is COc1ccc2c(c1)[C@]1(C[C@H]1c1ccc3c(Nc4cc(N5CCS(=O)(=O)CC5)nc(C5CC5)n4)nn(C(=O)OC(C)(C)C)c3c1)C(=O)N2C(=O)OC(C)(C)C. The summed E-state index contributed by atoms with van der Waals surface area (Å²) in [5.41, 5.74) is -0.317. The first-order valence-electron chi connectivity index (χ1n) is 18.5. The number of fused-ring (bicyclic) bond motifs is 3. The molecule has 3 fully saturated rings. The Balaban J connectivity index is 1.17. The normalized spacial score (nSPS) is 21.8. The third-order valence-electron chi connectivity index (χ3n) is 10.3. The molecule has 2 aliphatic carbocycles. The molecule has 8 rings (SSSR count). The Kier molecular flexibility index (Phi) is 8.44. The zero-order chi connectivity index (χ0) is 39.2. The fourth-order valence-electron chi connectivity index (χ4n) is 7.46. The molecule has 4 aromatic rings. The van der Waals surface area contributed by atoms with Crippen LogP contribution in [0.1, 0.15) is 89.6 Å². The molecule has 2 aromatic carbocycles. The van der Waals surface area contributed by atoms with Crippen molar-refractivity contribution in [2.45, 2.75) is 89.3 Å². The zero-order valence-electron chi connectivity index (χ0n) is 32.0. The number of sulfone groups is 1. The van der Waals surface area contributed by atoms with Crippen molar-refractivity contribution in [3.05, 3.63) is 59.4 Å². The maximum Gasteiger partial charge on any atom is 0.435 e. The fourth-order valence-corrected chi connectivity index (χ4v) is 8.66. The van der Waals surface area contributed by atoms with Gasteiger partial charge in [0.25, 0.3) is 0 Å². The van der Waals surface area contributed by atoms with Gasteiger partial charge in [0.05, 0.1) is 35.2 Å². The summed E-state index contributed by atoms with van der Waals surface area (Å²) in [6.45, 7) is 11.2. The standard InChI is InChI=1S/C39H45N7O8S/c1-37(2,3)53-35(48)45-28-13-11-24(52-7)19-26(28)39(34(45)47)21-27(39)23-10-12-25-29(18-23)46(36(49)54-38(4,5)6)43-33(25)41-30-20-31(42-32(40-30)22-8-9-22)44-14-16-55(50,51)17-15-44/h10-13,18-20,22,27H,8-9,14-17,21H2,1-7H3,(H,40,41,42,43)/t27-,39-/m0/s1. The Bertz CT molecular complexity index is 2360. The molecule has 0 bridgehead atoms. The first-order chi connectivity index (χ1) is 25.9. The van der Waals surface area contributed by atoms with Crippen molar-refractivity contribution in [1.29, 1.82) is 0 Å². The highest BCUT2D eigenvalue weighted by Crippen LogP contribution is 2.67. The Morgan fingerprint density at radius 1 is 0.909 bits per heavy atom. The van der Waals surface area contributed by atoms with Crippen LogP contribution < -0.4 is 19.9 Å². The molecule has 2 amide bonds. The lowest BCUT2D eigenvalue weighted by atomic mass is 9.91. The molecule has 55 heavy (non-hydrogen) atoms. The number of hydrogen-bond donors (Lipinski definition) is 1. The number of carbonyl (C=O) groups excluding carboxylic acids is 3. The number of hydrogen-bond acceptors (Lipinski definition) is 13. The molecule has 1 N–H and O–H groups in total. The summed E-state index contributed by atoms with van der Waals surface area (Å²) in [7, 11) is -1.54. The van der Waals surface area contributed by atoms with Crippen molar-refractivity contribution in [1.82, 2.24) is 19.7 Å². The smallest absolute Gasteiger partial charge is 0.435 e. The van der Waals surface area contributed by atoms with Crippen molar-refractivity contribution in [2.24, 2.45) is 0 Å². The van der Waals surface area contributed by atoms with Crippen molar-refractivity contribution in [3.8, 4) is 5.75 Å². The van der Waals surface area contributed by atoms with Crippen LogP contribution >= 0.6 is 0 Å². The second-order valence-electron chi connectivity index (χ2n) is 16.8. The predicted molar refractivity (Wildman–Crippen MR) is 205 cm³/mol. The van der Waals surface area contributed by atoms with Crippen LogP contribution in [0.3, 0.4) is 0 Å². The molecule has 290 valence electrons. The van der Waals surface area contributed by atoms with E-state index in [4.69, 9.17) is 29.3 Å². The third-order valence-corrected chi connectivity index (χ3v) is 11.9. The van der Waals surface area contributed by atoms with E-state index >= 15 is 0 Å². The van der Waals surface area contributed by atoms with E-state index < -0.39 is 38.6 Å². The average Bonchev–Trinajstić information content (AvgIpc) is 4.02. The molecular formula is C39H45N7O8S. The van der Waals surface area contributed by atoms with Gasteiger partial charge in [-0.3, -0.25) is 4.79 Å². The van der Waals surface area contributed by atoms with Crippen molar-refractivity contribution < 1.29 is 37.0 Å². The average molecular weight is 772 g/mol. The van der Waals surface area contributed by atoms with Gasteiger partial charge in [-0.15, -0.1) is 5.10 Å². The van der Waals surface area contributed by atoms with E-state index in [9.17, 15) is 22.8 Å². The molecule has 0 radical (unpaired) electrons. The minimum atomic E-state index is -3.09. The Morgan fingerprint density at radius 3 is 2.25 bits per heavy atom. The number of anilines is 4. The fraction of sp³-hybridized carbons (Fsp3) is 0.487. The number of rotatable bonds is 6. The van der Waals surface area contributed by atoms with Gasteiger partial charge in [0.15, 0.2) is 15.7 Å². The van der Waals surface area contributed by atoms with Crippen LogP contribution in [0.4, 0.5) is 32.7 Å². The van der Waals surface area contributed by atoms with Crippen LogP contribution in [0.15, 0.2) is 42.5 Å². The van der Waals surface area contributed by atoms with E-state index in [2.05, 4.69) is 5.32 Å². The molecular weight excluding hydrogens is 727 g/mol. The number of aromatic nitrogens is 4. The van der Waals surface area contributed by atoms with E-state index in [-0.39, 0.29) is 29.2 Å². The van der Waals surface area contributed by atoms with E-state index in [0.717, 1.165) is 23.3 Å². The highest BCUT2D eigenvalue weighted by Gasteiger charge is 2.68. The van der Waals surface area contributed by atoms with Crippen LogP contribution in [0, 0.1) is 0 Å². The molecule has 15 nitrogen and oxygen atoms in total. The maximum absolute atomic E-state index is 14.4. The largest absolute Gasteiger partial charge is 0.497 e. The number of ether oxygens (including phenoxy) is 3. The molecule has 2 atom stereocenters. The highest BCUT2D eigenvalue weighted by molar-refractivity contribution is 7.91. The summed E-state index contributed by atoms with van der Waals surface area (Å²) in [5.74, 6) is 2.28. The molecule has 2 aromatic heterocycles. The summed E-state index contributed by atoms with van der Waals surface area (Å²) in [6.07, 6.45) is 0.924. The Morgan fingerprint density at radius 2 is 1.60 bits per heavy atom. The van der Waals surface area contributed by atoms with Crippen LogP contribution in [0.5, 0.6) is 5.75 Å². The van der Waals surface area contributed by atoms with Gasteiger partial charge in [-0.25, -0.2) is 32.9 Å². The van der Waals surface area contributed by atoms with Crippen molar-refractivity contribution in [2.75, 3.05) is 46.8 Å². The summed E-state index contributed by atoms with van der Waals surface area (Å²) < 4.78 is 42.5. The Hall–Kier alpha value is -5.25. The zero-order valence-corrected chi connectivity index (χ0v) is 32.8. The topological polar surface area (TPSA) is 175 Å². The molecule has 4 aliphatic rings. The number of nitrogens with zero attached hydrogens (tertiary/aromatic N) is 6. The monoisotopic (exact) mass is 771 g/mol. The molecule has 2 aliphatic heterocycles. The number of amides is 2. The van der Waals surface area contributed by atoms with Gasteiger partial charge in [0, 0.05) is 36.4 Å². The number of methoxy groups -OCH3 is 1. The Labute approximate surface area is 319 Å². The molecule has 1 saturated heterocycles. The number of benzene rings is 2. The van der Waals surface area contributed by atoms with Crippen LogP contribution in [0.2, 0.25) is 0 Å². The lowest BCUT2D eigenvalue weighted by Gasteiger charge is -2.28. The first-order valence-corrected chi connectivity index (χ1v) is 20.3.